The third-order valence-corrected chi connectivity index (χ3v) is 5.25. The van der Waals surface area contributed by atoms with Crippen molar-refractivity contribution < 1.29 is 0 Å². The zero-order valence-corrected chi connectivity index (χ0v) is 17.0. The number of nitrogens with two attached hydrogens (primary N) is 1. The van der Waals surface area contributed by atoms with Crippen LogP contribution in [-0.4, -0.2) is 15.4 Å². The topological polar surface area (TPSA) is 91.5 Å². The van der Waals surface area contributed by atoms with E-state index in [9.17, 15) is 0 Å². The van der Waals surface area contributed by atoms with Crippen molar-refractivity contribution >= 4 is 16.7 Å². The molecule has 150 valence electrons. The molecule has 0 bridgehead atoms. The molecule has 0 aliphatic rings. The molecule has 0 aliphatic carbocycles. The van der Waals surface area contributed by atoms with Crippen molar-refractivity contribution in [3.8, 4) is 22.4 Å². The number of hydrogen-bond acceptors (Lipinski definition) is 4. The van der Waals surface area contributed by atoms with Crippen LogP contribution >= 0.6 is 0 Å². The lowest BCUT2D eigenvalue weighted by Crippen LogP contribution is -2.26. The summed E-state index contributed by atoms with van der Waals surface area (Å²) in [6.07, 6.45) is 3.28. The van der Waals surface area contributed by atoms with Gasteiger partial charge >= 0.3 is 0 Å². The van der Waals surface area contributed by atoms with Gasteiger partial charge in [-0.05, 0) is 29.7 Å². The van der Waals surface area contributed by atoms with Gasteiger partial charge < -0.3 is 5.73 Å². The van der Waals surface area contributed by atoms with Crippen LogP contribution in [0.4, 0.5) is 0 Å². The van der Waals surface area contributed by atoms with Gasteiger partial charge in [0, 0.05) is 35.7 Å². The predicted octanol–water partition coefficient (Wildman–Crippen LogP) is 4.93. The lowest BCUT2D eigenvalue weighted by atomic mass is 9.97. The first-order valence-electron chi connectivity index (χ1n) is 10.2. The number of benzene rings is 2. The molecule has 2 aromatic carbocycles. The fourth-order valence-electron chi connectivity index (χ4n) is 3.63. The maximum absolute atomic E-state index is 8.70. The SMILES string of the molecule is CCCC(=N)n1ccc2nc(-c3ccc(CN)cc3)c(-c3ccccc3)cc2c1=N. The number of nitrogens with one attached hydrogen (secondary N) is 2. The van der Waals surface area contributed by atoms with Crippen LogP contribution in [0.3, 0.4) is 0 Å². The molecular weight excluding hydrogens is 370 g/mol. The van der Waals surface area contributed by atoms with Gasteiger partial charge in [-0.3, -0.25) is 15.4 Å². The Bertz CT molecular complexity index is 1250. The Balaban J connectivity index is 1.97. The average molecular weight is 396 g/mol. The summed E-state index contributed by atoms with van der Waals surface area (Å²) in [5.74, 6) is 0.423. The van der Waals surface area contributed by atoms with Crippen LogP contribution in [0.25, 0.3) is 33.3 Å². The molecule has 0 amide bonds. The molecule has 5 heteroatoms. The second kappa shape index (κ2) is 8.43. The molecule has 4 N–H and O–H groups in total. The molecule has 0 atom stereocenters. The normalized spacial score (nSPS) is 11.0. The van der Waals surface area contributed by atoms with Crippen molar-refractivity contribution in [2.75, 3.05) is 0 Å². The van der Waals surface area contributed by atoms with Gasteiger partial charge in [0.25, 0.3) is 0 Å². The summed E-state index contributed by atoms with van der Waals surface area (Å²) in [4.78, 5) is 4.95. The lowest BCUT2D eigenvalue weighted by molar-refractivity contribution is 0.891. The van der Waals surface area contributed by atoms with Crippen LogP contribution in [0.1, 0.15) is 25.3 Å². The predicted molar refractivity (Wildman–Crippen MR) is 122 cm³/mol. The zero-order chi connectivity index (χ0) is 21.1. The maximum atomic E-state index is 8.70. The summed E-state index contributed by atoms with van der Waals surface area (Å²) in [6.45, 7) is 2.54. The van der Waals surface area contributed by atoms with E-state index in [2.05, 4.69) is 12.1 Å². The first kappa shape index (κ1) is 19.7. The number of hydrogen-bond donors (Lipinski definition) is 3. The molecule has 4 aromatic rings. The highest BCUT2D eigenvalue weighted by Gasteiger charge is 2.14. The van der Waals surface area contributed by atoms with Gasteiger partial charge in [-0.1, -0.05) is 61.5 Å². The first-order valence-corrected chi connectivity index (χ1v) is 10.2. The average Bonchev–Trinajstić information content (AvgIpc) is 2.79. The third kappa shape index (κ3) is 3.67. The molecule has 0 saturated heterocycles. The summed E-state index contributed by atoms with van der Waals surface area (Å²) in [5.41, 5.74) is 11.8. The van der Waals surface area contributed by atoms with E-state index in [1.54, 1.807) is 10.8 Å². The lowest BCUT2D eigenvalue weighted by Gasteiger charge is -2.14. The van der Waals surface area contributed by atoms with Gasteiger partial charge in [-0.15, -0.1) is 0 Å². The van der Waals surface area contributed by atoms with E-state index in [1.807, 2.05) is 61.5 Å². The van der Waals surface area contributed by atoms with E-state index in [1.165, 1.54) is 0 Å². The van der Waals surface area contributed by atoms with Crippen LogP contribution in [-0.2, 0) is 6.54 Å². The van der Waals surface area contributed by atoms with Gasteiger partial charge in [0.1, 0.15) is 11.3 Å². The van der Waals surface area contributed by atoms with Gasteiger partial charge in [0.05, 0.1) is 11.2 Å². The maximum Gasteiger partial charge on any atom is 0.139 e. The minimum absolute atomic E-state index is 0.292. The van der Waals surface area contributed by atoms with Crippen LogP contribution in [0.2, 0.25) is 0 Å². The molecule has 2 heterocycles. The molecule has 5 nitrogen and oxygen atoms in total. The molecular formula is C25H25N5. The van der Waals surface area contributed by atoms with Gasteiger partial charge in [-0.25, -0.2) is 4.98 Å². The Morgan fingerprint density at radius 1 is 1.00 bits per heavy atom. The highest BCUT2D eigenvalue weighted by atomic mass is 15.0. The van der Waals surface area contributed by atoms with Crippen molar-refractivity contribution in [2.24, 2.45) is 5.73 Å². The molecule has 4 rings (SSSR count). The second-order valence-electron chi connectivity index (χ2n) is 7.32. The molecule has 30 heavy (non-hydrogen) atoms. The Labute approximate surface area is 175 Å². The van der Waals surface area contributed by atoms with E-state index in [4.69, 9.17) is 21.5 Å². The highest BCUT2D eigenvalue weighted by molar-refractivity contribution is 5.92. The standard InChI is InChI=1S/C25H25N5/c1-2-6-23(27)30-14-13-22-21(25(30)28)15-20(18-7-4-3-5-8-18)24(29-22)19-11-9-17(16-26)10-12-19/h3-5,7-15,27-28H,2,6,16,26H2,1H3. The summed E-state index contributed by atoms with van der Waals surface area (Å²) < 4.78 is 1.64. The Morgan fingerprint density at radius 3 is 2.40 bits per heavy atom. The highest BCUT2D eigenvalue weighted by Crippen LogP contribution is 2.32. The van der Waals surface area contributed by atoms with Crippen molar-refractivity contribution in [3.63, 3.8) is 0 Å². The van der Waals surface area contributed by atoms with E-state index < -0.39 is 0 Å². The van der Waals surface area contributed by atoms with Crippen LogP contribution in [0, 0.1) is 10.8 Å². The second-order valence-corrected chi connectivity index (χ2v) is 7.32. The summed E-state index contributed by atoms with van der Waals surface area (Å²) in [6, 6.07) is 22.2. The van der Waals surface area contributed by atoms with Crippen molar-refractivity contribution in [2.45, 2.75) is 26.3 Å². The van der Waals surface area contributed by atoms with Crippen LogP contribution in [0.5, 0.6) is 0 Å². The fourth-order valence-corrected chi connectivity index (χ4v) is 3.63. The Hall–Kier alpha value is -3.57. The fraction of sp³-hybridized carbons (Fsp3) is 0.160. The summed E-state index contributed by atoms with van der Waals surface area (Å²) >= 11 is 0. The molecule has 0 saturated carbocycles. The van der Waals surface area contributed by atoms with Gasteiger partial charge in [0.15, 0.2) is 0 Å². The Morgan fingerprint density at radius 2 is 1.73 bits per heavy atom. The number of rotatable bonds is 5. The van der Waals surface area contributed by atoms with Crippen LogP contribution < -0.4 is 11.2 Å². The van der Waals surface area contributed by atoms with E-state index in [-0.39, 0.29) is 0 Å². The smallest absolute Gasteiger partial charge is 0.139 e. The van der Waals surface area contributed by atoms with Gasteiger partial charge in [-0.2, -0.15) is 0 Å². The number of fused-ring (bicyclic) bond motifs is 1. The minimum Gasteiger partial charge on any atom is -0.326 e. The number of aromatic nitrogens is 2. The van der Waals surface area contributed by atoms with E-state index in [0.29, 0.717) is 24.3 Å². The molecule has 0 unspecified atom stereocenters. The monoisotopic (exact) mass is 395 g/mol. The molecule has 2 aromatic heterocycles. The molecule has 0 aliphatic heterocycles. The number of nitrogens with zero attached hydrogens (tertiary/aromatic N) is 2. The Kier molecular flexibility index (Phi) is 5.55. The van der Waals surface area contributed by atoms with Gasteiger partial charge in [0.2, 0.25) is 0 Å². The third-order valence-electron chi connectivity index (χ3n) is 5.25. The van der Waals surface area contributed by atoms with E-state index in [0.717, 1.165) is 45.3 Å². The van der Waals surface area contributed by atoms with Crippen molar-refractivity contribution in [1.82, 2.24) is 9.55 Å². The number of pyridine rings is 2. The quantitative estimate of drug-likeness (QED) is 0.330. The largest absolute Gasteiger partial charge is 0.326 e. The van der Waals surface area contributed by atoms with Crippen molar-refractivity contribution in [3.05, 3.63) is 84.0 Å². The van der Waals surface area contributed by atoms with E-state index >= 15 is 0 Å². The molecule has 0 fully saturated rings. The summed E-state index contributed by atoms with van der Waals surface area (Å²) in [5, 5.41) is 17.7. The van der Waals surface area contributed by atoms with Crippen LogP contribution in [0.15, 0.2) is 72.9 Å². The minimum atomic E-state index is 0.292. The van der Waals surface area contributed by atoms with Crippen molar-refractivity contribution in [1.29, 1.82) is 10.8 Å². The first-order chi connectivity index (χ1) is 14.6. The molecule has 0 radical (unpaired) electrons. The summed E-state index contributed by atoms with van der Waals surface area (Å²) in [7, 11) is 0. The molecule has 0 spiro atoms. The zero-order valence-electron chi connectivity index (χ0n) is 17.0.